The van der Waals surface area contributed by atoms with Gasteiger partial charge >= 0.3 is 0 Å². The van der Waals surface area contributed by atoms with E-state index in [0.29, 0.717) is 17.5 Å². The highest BCUT2D eigenvalue weighted by Gasteiger charge is 2.18. The van der Waals surface area contributed by atoms with Gasteiger partial charge in [-0.25, -0.2) is 15.0 Å². The second kappa shape index (κ2) is 13.1. The van der Waals surface area contributed by atoms with Gasteiger partial charge in [0.1, 0.15) is 11.2 Å². The first-order chi connectivity index (χ1) is 28.7. The molecule has 0 aliphatic heterocycles. The third kappa shape index (κ3) is 5.32. The summed E-state index contributed by atoms with van der Waals surface area (Å²) in [7, 11) is 0. The van der Waals surface area contributed by atoms with Crippen molar-refractivity contribution >= 4 is 75.0 Å². The first kappa shape index (κ1) is 32.7. The number of rotatable bonds is 5. The number of aromatic nitrogens is 3. The molecule has 58 heavy (non-hydrogen) atoms. The van der Waals surface area contributed by atoms with E-state index in [1.165, 1.54) is 47.3 Å². The molecule has 0 radical (unpaired) electrons. The maximum absolute atomic E-state index is 6.49. The lowest BCUT2D eigenvalue weighted by atomic mass is 9.92. The molecule has 0 N–H and O–H groups in total. The van der Waals surface area contributed by atoms with Crippen molar-refractivity contribution in [3.05, 3.63) is 188 Å². The minimum atomic E-state index is 0.630. The fourth-order valence-corrected chi connectivity index (χ4v) is 9.63. The zero-order valence-corrected chi connectivity index (χ0v) is 31.9. The molecule has 0 saturated heterocycles. The molecule has 12 rings (SSSR count). The molecule has 0 unspecified atom stereocenters. The van der Waals surface area contributed by atoms with E-state index in [1.807, 2.05) is 41.7 Å². The Balaban J connectivity index is 0.971. The normalized spacial score (nSPS) is 11.8. The Labute approximate surface area is 337 Å². The number of hydrogen-bond acceptors (Lipinski definition) is 5. The van der Waals surface area contributed by atoms with E-state index in [4.69, 9.17) is 19.4 Å². The van der Waals surface area contributed by atoms with Crippen LogP contribution in [0.25, 0.3) is 120 Å². The van der Waals surface area contributed by atoms with E-state index < -0.39 is 0 Å². The Morgan fingerprint density at radius 3 is 1.76 bits per heavy atom. The number of thiophene rings is 1. The van der Waals surface area contributed by atoms with Crippen LogP contribution in [0.2, 0.25) is 0 Å². The van der Waals surface area contributed by atoms with Crippen molar-refractivity contribution < 1.29 is 4.42 Å². The molecule has 0 aliphatic carbocycles. The Morgan fingerprint density at radius 2 is 0.931 bits per heavy atom. The van der Waals surface area contributed by atoms with Gasteiger partial charge in [0.2, 0.25) is 0 Å². The standard InChI is InChI=1S/C53H31N3OS/c1-2-11-33(12-3-1)51-54-52(56-53(55-51)37-26-28-49-44(31-37)42-17-8-9-20-48(42)58-49)34-23-21-32(22-24-34)39-18-10-19-47-50(39)45-30-36(25-27-46(45)57-47)43-29-35-13-4-5-14-38(35)40-15-6-7-16-41(40)43/h1-31H. The molecule has 0 atom stereocenters. The van der Waals surface area contributed by atoms with Gasteiger partial charge in [-0.3, -0.25) is 0 Å². The molecule has 5 heteroatoms. The van der Waals surface area contributed by atoms with Crippen LogP contribution in [0.15, 0.2) is 192 Å². The predicted molar refractivity (Wildman–Crippen MR) is 242 cm³/mol. The average Bonchev–Trinajstić information content (AvgIpc) is 3.87. The monoisotopic (exact) mass is 757 g/mol. The van der Waals surface area contributed by atoms with Crippen LogP contribution >= 0.6 is 11.3 Å². The lowest BCUT2D eigenvalue weighted by Crippen LogP contribution is -2.00. The summed E-state index contributed by atoms with van der Waals surface area (Å²) in [6.45, 7) is 0. The lowest BCUT2D eigenvalue weighted by molar-refractivity contribution is 0.669. The summed E-state index contributed by atoms with van der Waals surface area (Å²) in [5.41, 5.74) is 9.13. The summed E-state index contributed by atoms with van der Waals surface area (Å²) in [6.07, 6.45) is 0. The van der Waals surface area contributed by atoms with E-state index in [0.717, 1.165) is 55.3 Å². The highest BCUT2D eigenvalue weighted by atomic mass is 32.1. The number of fused-ring (bicyclic) bond motifs is 9. The van der Waals surface area contributed by atoms with Crippen LogP contribution in [0.3, 0.4) is 0 Å². The Morgan fingerprint density at radius 1 is 0.328 bits per heavy atom. The molecule has 270 valence electrons. The van der Waals surface area contributed by atoms with Gasteiger partial charge in [0.25, 0.3) is 0 Å². The van der Waals surface area contributed by atoms with E-state index in [2.05, 4.69) is 158 Å². The molecule has 12 aromatic rings. The average molecular weight is 758 g/mol. The van der Waals surface area contributed by atoms with Gasteiger partial charge in [-0.1, -0.05) is 140 Å². The van der Waals surface area contributed by atoms with Crippen LogP contribution in [-0.2, 0) is 0 Å². The summed E-state index contributed by atoms with van der Waals surface area (Å²) >= 11 is 1.81. The molecule has 0 amide bonds. The van der Waals surface area contributed by atoms with Gasteiger partial charge in [-0.2, -0.15) is 0 Å². The summed E-state index contributed by atoms with van der Waals surface area (Å²) in [4.78, 5) is 15.2. The molecule has 9 aromatic carbocycles. The first-order valence-electron chi connectivity index (χ1n) is 19.4. The maximum Gasteiger partial charge on any atom is 0.164 e. The van der Waals surface area contributed by atoms with Crippen molar-refractivity contribution in [1.29, 1.82) is 0 Å². The van der Waals surface area contributed by atoms with Gasteiger partial charge in [0, 0.05) is 47.6 Å². The smallest absolute Gasteiger partial charge is 0.164 e. The molecule has 0 saturated carbocycles. The topological polar surface area (TPSA) is 51.8 Å². The van der Waals surface area contributed by atoms with Crippen LogP contribution in [0, 0.1) is 0 Å². The quantitative estimate of drug-likeness (QED) is 0.164. The fourth-order valence-electron chi connectivity index (χ4n) is 8.54. The minimum Gasteiger partial charge on any atom is -0.456 e. The largest absolute Gasteiger partial charge is 0.456 e. The van der Waals surface area contributed by atoms with Gasteiger partial charge < -0.3 is 4.42 Å². The second-order valence-electron chi connectivity index (χ2n) is 14.7. The Hall–Kier alpha value is -7.47. The molecule has 0 aliphatic rings. The summed E-state index contributed by atoms with van der Waals surface area (Å²) in [5.74, 6) is 1.92. The number of furan rings is 1. The van der Waals surface area contributed by atoms with Crippen LogP contribution in [0.4, 0.5) is 0 Å². The molecule has 0 bridgehead atoms. The Bertz CT molecular complexity index is 3570. The van der Waals surface area contributed by atoms with Crippen molar-refractivity contribution in [3.8, 4) is 56.4 Å². The molecule has 3 aromatic heterocycles. The zero-order valence-electron chi connectivity index (χ0n) is 31.1. The fraction of sp³-hybridized carbons (Fsp3) is 0. The third-order valence-electron chi connectivity index (χ3n) is 11.3. The number of nitrogens with zero attached hydrogens (tertiary/aromatic N) is 3. The summed E-state index contributed by atoms with van der Waals surface area (Å²) in [5, 5.41) is 9.64. The van der Waals surface area contributed by atoms with Crippen molar-refractivity contribution in [2.45, 2.75) is 0 Å². The second-order valence-corrected chi connectivity index (χ2v) is 15.8. The van der Waals surface area contributed by atoms with Gasteiger partial charge in [-0.15, -0.1) is 11.3 Å². The van der Waals surface area contributed by atoms with Crippen LogP contribution < -0.4 is 0 Å². The number of hydrogen-bond donors (Lipinski definition) is 0. The highest BCUT2D eigenvalue weighted by Crippen LogP contribution is 2.42. The van der Waals surface area contributed by atoms with E-state index in [9.17, 15) is 0 Å². The molecule has 0 fully saturated rings. The van der Waals surface area contributed by atoms with Gasteiger partial charge in [0.05, 0.1) is 0 Å². The SMILES string of the molecule is c1ccc(-c2nc(-c3ccc(-c4cccc5oc6ccc(-c7cc8ccccc8c8ccccc78)cc6c45)cc3)nc(-c3ccc4sc5ccccc5c4c3)n2)cc1. The number of benzene rings is 9. The molecule has 0 spiro atoms. The van der Waals surface area contributed by atoms with E-state index in [-0.39, 0.29) is 0 Å². The molecule has 3 heterocycles. The highest BCUT2D eigenvalue weighted by molar-refractivity contribution is 7.25. The lowest BCUT2D eigenvalue weighted by Gasteiger charge is -2.11. The van der Waals surface area contributed by atoms with Crippen LogP contribution in [-0.4, -0.2) is 15.0 Å². The molecular weight excluding hydrogens is 727 g/mol. The van der Waals surface area contributed by atoms with Crippen molar-refractivity contribution in [2.24, 2.45) is 0 Å². The van der Waals surface area contributed by atoms with Crippen molar-refractivity contribution in [2.75, 3.05) is 0 Å². The van der Waals surface area contributed by atoms with Crippen molar-refractivity contribution in [1.82, 2.24) is 15.0 Å². The molecule has 4 nitrogen and oxygen atoms in total. The zero-order chi connectivity index (χ0) is 38.2. The third-order valence-corrected chi connectivity index (χ3v) is 12.5. The maximum atomic E-state index is 6.49. The van der Waals surface area contributed by atoms with E-state index in [1.54, 1.807) is 0 Å². The van der Waals surface area contributed by atoms with Crippen LogP contribution in [0.5, 0.6) is 0 Å². The predicted octanol–water partition coefficient (Wildman–Crippen LogP) is 14.8. The van der Waals surface area contributed by atoms with Gasteiger partial charge in [0.15, 0.2) is 17.5 Å². The Kier molecular flexibility index (Phi) is 7.37. The van der Waals surface area contributed by atoms with Gasteiger partial charge in [-0.05, 0) is 92.3 Å². The summed E-state index contributed by atoms with van der Waals surface area (Å²) in [6, 6.07) is 66.3. The van der Waals surface area contributed by atoms with E-state index >= 15 is 0 Å². The molecular formula is C53H31N3OS. The first-order valence-corrected chi connectivity index (χ1v) is 20.2. The van der Waals surface area contributed by atoms with Crippen molar-refractivity contribution in [3.63, 3.8) is 0 Å². The summed E-state index contributed by atoms with van der Waals surface area (Å²) < 4.78 is 9.01. The van der Waals surface area contributed by atoms with Crippen LogP contribution in [0.1, 0.15) is 0 Å². The minimum absolute atomic E-state index is 0.630.